The van der Waals surface area contributed by atoms with Gasteiger partial charge in [-0.1, -0.05) is 12.1 Å². The van der Waals surface area contributed by atoms with Crippen molar-refractivity contribution >= 4 is 23.1 Å². The van der Waals surface area contributed by atoms with E-state index in [4.69, 9.17) is 17.0 Å². The van der Waals surface area contributed by atoms with Gasteiger partial charge in [0.15, 0.2) is 5.11 Å². The fraction of sp³-hybridized carbons (Fsp3) is 0.333. The second kappa shape index (κ2) is 7.92. The van der Waals surface area contributed by atoms with Crippen LogP contribution in [0.1, 0.15) is 23.6 Å². The van der Waals surface area contributed by atoms with Crippen molar-refractivity contribution in [1.82, 2.24) is 10.3 Å². The molecule has 0 aliphatic heterocycles. The molecule has 4 nitrogen and oxygen atoms in total. The lowest BCUT2D eigenvalue weighted by Crippen LogP contribution is -2.39. The lowest BCUT2D eigenvalue weighted by Gasteiger charge is -2.18. The highest BCUT2D eigenvalue weighted by atomic mass is 32.1. The fourth-order valence-electron chi connectivity index (χ4n) is 2.05. The van der Waals surface area contributed by atoms with Crippen LogP contribution in [0, 0.1) is 20.8 Å². The number of hydrogen-bond acceptors (Lipinski definition) is 3. The molecule has 5 heteroatoms. The second-order valence-electron chi connectivity index (χ2n) is 5.73. The van der Waals surface area contributed by atoms with Crippen LogP contribution in [-0.4, -0.2) is 22.7 Å². The molecule has 122 valence electrons. The van der Waals surface area contributed by atoms with Gasteiger partial charge in [-0.2, -0.15) is 0 Å². The number of pyridine rings is 1. The molecule has 0 amide bonds. The molecule has 1 aromatic carbocycles. The number of nitrogens with one attached hydrogen (secondary N) is 2. The zero-order valence-corrected chi connectivity index (χ0v) is 14.8. The van der Waals surface area contributed by atoms with E-state index in [1.807, 2.05) is 32.0 Å². The highest BCUT2D eigenvalue weighted by Gasteiger charge is 2.07. The van der Waals surface area contributed by atoms with E-state index in [-0.39, 0.29) is 6.04 Å². The topological polar surface area (TPSA) is 46.2 Å². The van der Waals surface area contributed by atoms with Crippen LogP contribution in [0.2, 0.25) is 0 Å². The second-order valence-corrected chi connectivity index (χ2v) is 6.13. The standard InChI is InChI=1S/C18H23N3OS/c1-12-7-8-16(10-14(12)3)22-11-15(4)20-18(23)21-17-13(2)6-5-9-19-17/h5-10,15H,11H2,1-4H3,(H2,19,20,21,23)/t15-/m1/s1. The van der Waals surface area contributed by atoms with Gasteiger partial charge < -0.3 is 15.4 Å². The maximum atomic E-state index is 5.81. The Bertz CT molecular complexity index is 688. The predicted molar refractivity (Wildman–Crippen MR) is 99.2 cm³/mol. The number of ether oxygens (including phenoxy) is 1. The van der Waals surface area contributed by atoms with Crippen LogP contribution in [0.15, 0.2) is 36.5 Å². The molecule has 1 atom stereocenters. The third-order valence-corrected chi connectivity index (χ3v) is 3.82. The van der Waals surface area contributed by atoms with Gasteiger partial charge in [0.05, 0.1) is 6.04 Å². The minimum Gasteiger partial charge on any atom is -0.491 e. The number of nitrogens with zero attached hydrogens (tertiary/aromatic N) is 1. The molecule has 0 radical (unpaired) electrons. The van der Waals surface area contributed by atoms with Crippen LogP contribution in [0.3, 0.4) is 0 Å². The third-order valence-electron chi connectivity index (χ3n) is 3.60. The van der Waals surface area contributed by atoms with Crippen molar-refractivity contribution in [1.29, 1.82) is 0 Å². The van der Waals surface area contributed by atoms with Gasteiger partial charge in [-0.25, -0.2) is 4.98 Å². The quantitative estimate of drug-likeness (QED) is 0.818. The van der Waals surface area contributed by atoms with E-state index in [2.05, 4.69) is 41.6 Å². The summed E-state index contributed by atoms with van der Waals surface area (Å²) in [6.45, 7) is 8.72. The molecule has 0 spiro atoms. The summed E-state index contributed by atoms with van der Waals surface area (Å²) in [5, 5.41) is 6.86. The molecule has 23 heavy (non-hydrogen) atoms. The Balaban J connectivity index is 1.82. The van der Waals surface area contributed by atoms with Gasteiger partial charge in [0.2, 0.25) is 0 Å². The summed E-state index contributed by atoms with van der Waals surface area (Å²) in [6.07, 6.45) is 1.74. The first-order chi connectivity index (χ1) is 11.0. The molecule has 2 rings (SSSR count). The van der Waals surface area contributed by atoms with Gasteiger partial charge in [0, 0.05) is 6.20 Å². The Morgan fingerprint density at radius 1 is 1.17 bits per heavy atom. The molecular formula is C18H23N3OS. The average Bonchev–Trinajstić information content (AvgIpc) is 2.51. The van der Waals surface area contributed by atoms with Crippen LogP contribution >= 0.6 is 12.2 Å². The maximum absolute atomic E-state index is 5.81. The molecule has 0 fully saturated rings. The first-order valence-corrected chi connectivity index (χ1v) is 8.05. The zero-order chi connectivity index (χ0) is 16.8. The van der Waals surface area contributed by atoms with Gasteiger partial charge >= 0.3 is 0 Å². The summed E-state index contributed by atoms with van der Waals surface area (Å²) in [5.74, 6) is 1.65. The summed E-state index contributed by atoms with van der Waals surface area (Å²) in [4.78, 5) is 4.27. The SMILES string of the molecule is Cc1ccc(OC[C@@H](C)NC(=S)Nc2ncccc2C)cc1C. The van der Waals surface area contributed by atoms with Crippen molar-refractivity contribution in [3.05, 3.63) is 53.2 Å². The van der Waals surface area contributed by atoms with Gasteiger partial charge in [-0.3, -0.25) is 0 Å². The minimum absolute atomic E-state index is 0.0839. The normalized spacial score (nSPS) is 11.7. The van der Waals surface area contributed by atoms with Crippen molar-refractivity contribution in [3.8, 4) is 5.75 Å². The van der Waals surface area contributed by atoms with Crippen LogP contribution in [0.25, 0.3) is 0 Å². The molecular weight excluding hydrogens is 306 g/mol. The molecule has 0 bridgehead atoms. The predicted octanol–water partition coefficient (Wildman–Crippen LogP) is 3.76. The molecule has 1 aromatic heterocycles. The largest absolute Gasteiger partial charge is 0.491 e. The maximum Gasteiger partial charge on any atom is 0.172 e. The molecule has 2 N–H and O–H groups in total. The highest BCUT2D eigenvalue weighted by Crippen LogP contribution is 2.16. The minimum atomic E-state index is 0.0839. The smallest absolute Gasteiger partial charge is 0.172 e. The molecule has 1 heterocycles. The average molecular weight is 329 g/mol. The van der Waals surface area contributed by atoms with E-state index in [1.165, 1.54) is 11.1 Å². The number of aromatic nitrogens is 1. The van der Waals surface area contributed by atoms with Crippen molar-refractivity contribution in [2.75, 3.05) is 11.9 Å². The third kappa shape index (κ3) is 5.21. The van der Waals surface area contributed by atoms with Gasteiger partial charge in [-0.15, -0.1) is 0 Å². The number of rotatable bonds is 5. The Morgan fingerprint density at radius 2 is 1.96 bits per heavy atom. The van der Waals surface area contributed by atoms with Crippen LogP contribution in [-0.2, 0) is 0 Å². The lowest BCUT2D eigenvalue weighted by molar-refractivity contribution is 0.287. The molecule has 0 aliphatic rings. The Morgan fingerprint density at radius 3 is 2.65 bits per heavy atom. The van der Waals surface area contributed by atoms with Crippen LogP contribution in [0.4, 0.5) is 5.82 Å². The van der Waals surface area contributed by atoms with E-state index < -0.39 is 0 Å². The van der Waals surface area contributed by atoms with Crippen molar-refractivity contribution in [2.45, 2.75) is 33.7 Å². The van der Waals surface area contributed by atoms with Gasteiger partial charge in [0.25, 0.3) is 0 Å². The van der Waals surface area contributed by atoms with Crippen molar-refractivity contribution in [2.24, 2.45) is 0 Å². The number of benzene rings is 1. The molecule has 0 saturated carbocycles. The Kier molecular flexibility index (Phi) is 5.93. The van der Waals surface area contributed by atoms with E-state index in [9.17, 15) is 0 Å². The first kappa shape index (κ1) is 17.2. The molecule has 2 aromatic rings. The number of aryl methyl sites for hydroxylation is 3. The van der Waals surface area contributed by atoms with Gasteiger partial charge in [-0.05, 0) is 74.8 Å². The summed E-state index contributed by atoms with van der Waals surface area (Å²) in [6, 6.07) is 10.1. The van der Waals surface area contributed by atoms with E-state index >= 15 is 0 Å². The number of thiocarbonyl (C=S) groups is 1. The monoisotopic (exact) mass is 329 g/mol. The Hall–Kier alpha value is -2.14. The van der Waals surface area contributed by atoms with E-state index in [0.29, 0.717) is 11.7 Å². The summed E-state index contributed by atoms with van der Waals surface area (Å²) < 4.78 is 5.81. The number of anilines is 1. The summed E-state index contributed by atoms with van der Waals surface area (Å²) in [5.41, 5.74) is 3.54. The van der Waals surface area contributed by atoms with Crippen molar-refractivity contribution < 1.29 is 4.74 Å². The highest BCUT2D eigenvalue weighted by molar-refractivity contribution is 7.80. The molecule has 0 aliphatic carbocycles. The first-order valence-electron chi connectivity index (χ1n) is 7.65. The van der Waals surface area contributed by atoms with Crippen LogP contribution < -0.4 is 15.4 Å². The van der Waals surface area contributed by atoms with E-state index in [0.717, 1.165) is 17.1 Å². The summed E-state index contributed by atoms with van der Waals surface area (Å²) in [7, 11) is 0. The van der Waals surface area contributed by atoms with Crippen LogP contribution in [0.5, 0.6) is 5.75 Å². The fourth-order valence-corrected chi connectivity index (χ4v) is 2.35. The Labute approximate surface area is 143 Å². The molecule has 0 saturated heterocycles. The molecule has 0 unspecified atom stereocenters. The summed E-state index contributed by atoms with van der Waals surface area (Å²) >= 11 is 5.32. The lowest BCUT2D eigenvalue weighted by atomic mass is 10.1. The zero-order valence-electron chi connectivity index (χ0n) is 14.0. The van der Waals surface area contributed by atoms with E-state index in [1.54, 1.807) is 6.20 Å². The number of hydrogen-bond donors (Lipinski definition) is 2. The van der Waals surface area contributed by atoms with Crippen molar-refractivity contribution in [3.63, 3.8) is 0 Å². The van der Waals surface area contributed by atoms with Gasteiger partial charge in [0.1, 0.15) is 18.2 Å².